The van der Waals surface area contributed by atoms with Gasteiger partial charge in [0.25, 0.3) is 0 Å². The molecule has 0 aliphatic heterocycles. The molecule has 1 N–H and O–H groups in total. The number of nitrogens with zero attached hydrogens (tertiary/aromatic N) is 3. The molecule has 100 valence electrons. The first-order valence-corrected chi connectivity index (χ1v) is 6.10. The molecule has 1 aromatic heterocycles. The van der Waals surface area contributed by atoms with E-state index >= 15 is 0 Å². The standard InChI is InChI=1S/C14H17N3O2/c1-11(16-18)13-3-5-14(6-4-13)19-10-9-17-8-7-15-12(17)2/h3-8,18H,9-10H2,1-2H3/b16-11-. The van der Waals surface area contributed by atoms with Crippen LogP contribution in [0.25, 0.3) is 0 Å². The van der Waals surface area contributed by atoms with Crippen molar-refractivity contribution in [2.24, 2.45) is 5.16 Å². The third kappa shape index (κ3) is 3.34. The molecule has 5 heteroatoms. The molecule has 0 fully saturated rings. The first-order chi connectivity index (χ1) is 9.20. The zero-order chi connectivity index (χ0) is 13.7. The summed E-state index contributed by atoms with van der Waals surface area (Å²) in [5.74, 6) is 1.78. The highest BCUT2D eigenvalue weighted by Crippen LogP contribution is 2.13. The van der Waals surface area contributed by atoms with Gasteiger partial charge < -0.3 is 14.5 Å². The van der Waals surface area contributed by atoms with E-state index in [1.807, 2.05) is 42.0 Å². The monoisotopic (exact) mass is 259 g/mol. The summed E-state index contributed by atoms with van der Waals surface area (Å²) in [5.41, 5.74) is 1.46. The SMILES string of the molecule is C/C(=N/O)c1ccc(OCCn2ccnc2C)cc1. The van der Waals surface area contributed by atoms with Crippen molar-refractivity contribution in [3.63, 3.8) is 0 Å². The molecule has 0 radical (unpaired) electrons. The van der Waals surface area contributed by atoms with E-state index in [1.165, 1.54) is 0 Å². The molecule has 0 saturated carbocycles. The van der Waals surface area contributed by atoms with Crippen molar-refractivity contribution in [2.75, 3.05) is 6.61 Å². The second-order valence-electron chi connectivity index (χ2n) is 4.23. The minimum atomic E-state index is 0.584. The van der Waals surface area contributed by atoms with Gasteiger partial charge in [-0.1, -0.05) is 5.16 Å². The normalized spacial score (nSPS) is 11.6. The van der Waals surface area contributed by atoms with Gasteiger partial charge in [-0.15, -0.1) is 0 Å². The molecule has 0 saturated heterocycles. The van der Waals surface area contributed by atoms with Gasteiger partial charge in [0, 0.05) is 12.4 Å². The van der Waals surface area contributed by atoms with E-state index in [-0.39, 0.29) is 0 Å². The molecule has 5 nitrogen and oxygen atoms in total. The largest absolute Gasteiger partial charge is 0.492 e. The van der Waals surface area contributed by atoms with E-state index in [4.69, 9.17) is 9.94 Å². The third-order valence-electron chi connectivity index (χ3n) is 2.95. The van der Waals surface area contributed by atoms with E-state index in [0.29, 0.717) is 12.3 Å². The van der Waals surface area contributed by atoms with Crippen molar-refractivity contribution >= 4 is 5.71 Å². The van der Waals surface area contributed by atoms with Gasteiger partial charge in [0.2, 0.25) is 0 Å². The molecule has 0 bridgehead atoms. The van der Waals surface area contributed by atoms with E-state index < -0.39 is 0 Å². The Bertz CT molecular complexity index is 558. The van der Waals surface area contributed by atoms with Gasteiger partial charge in [0.05, 0.1) is 12.3 Å². The minimum Gasteiger partial charge on any atom is -0.492 e. The van der Waals surface area contributed by atoms with Crippen LogP contribution < -0.4 is 4.74 Å². The van der Waals surface area contributed by atoms with E-state index in [1.54, 1.807) is 13.1 Å². The van der Waals surface area contributed by atoms with Crippen molar-refractivity contribution in [1.82, 2.24) is 9.55 Å². The highest BCUT2D eigenvalue weighted by atomic mass is 16.5. The van der Waals surface area contributed by atoms with Gasteiger partial charge in [-0.3, -0.25) is 0 Å². The zero-order valence-corrected chi connectivity index (χ0v) is 11.1. The fraction of sp³-hybridized carbons (Fsp3) is 0.286. The number of rotatable bonds is 5. The Morgan fingerprint density at radius 2 is 2.11 bits per heavy atom. The van der Waals surface area contributed by atoms with Crippen LogP contribution in [0, 0.1) is 6.92 Å². The van der Waals surface area contributed by atoms with Gasteiger partial charge in [0.1, 0.15) is 18.2 Å². The van der Waals surface area contributed by atoms with Gasteiger partial charge in [-0.25, -0.2) is 4.98 Å². The Morgan fingerprint density at radius 3 is 2.68 bits per heavy atom. The number of oxime groups is 1. The molecule has 1 aromatic carbocycles. The first kappa shape index (κ1) is 13.1. The summed E-state index contributed by atoms with van der Waals surface area (Å²) in [5, 5.41) is 11.8. The Labute approximate surface area is 112 Å². The Hall–Kier alpha value is -2.30. The molecular weight excluding hydrogens is 242 g/mol. The lowest BCUT2D eigenvalue weighted by Gasteiger charge is -2.08. The first-order valence-electron chi connectivity index (χ1n) is 6.10. The Morgan fingerprint density at radius 1 is 1.37 bits per heavy atom. The molecule has 1 heterocycles. The van der Waals surface area contributed by atoms with Crippen LogP contribution in [0.15, 0.2) is 41.8 Å². The lowest BCUT2D eigenvalue weighted by Crippen LogP contribution is -2.08. The summed E-state index contributed by atoms with van der Waals surface area (Å²) >= 11 is 0. The quantitative estimate of drug-likeness (QED) is 0.510. The van der Waals surface area contributed by atoms with Crippen molar-refractivity contribution in [1.29, 1.82) is 0 Å². The van der Waals surface area contributed by atoms with Gasteiger partial charge >= 0.3 is 0 Å². The summed E-state index contributed by atoms with van der Waals surface area (Å²) in [6.45, 7) is 5.07. The highest BCUT2D eigenvalue weighted by Gasteiger charge is 2.00. The molecular formula is C14H17N3O2. The summed E-state index contributed by atoms with van der Waals surface area (Å²) in [4.78, 5) is 4.15. The van der Waals surface area contributed by atoms with Crippen molar-refractivity contribution in [2.45, 2.75) is 20.4 Å². The number of aromatic nitrogens is 2. The average Bonchev–Trinajstić information content (AvgIpc) is 2.84. The molecule has 0 spiro atoms. The van der Waals surface area contributed by atoms with E-state index in [2.05, 4.69) is 10.1 Å². The van der Waals surface area contributed by atoms with Crippen molar-refractivity contribution < 1.29 is 9.94 Å². The summed E-state index contributed by atoms with van der Waals surface area (Å²) in [6.07, 6.45) is 3.71. The molecule has 2 rings (SSSR count). The molecule has 0 unspecified atom stereocenters. The maximum Gasteiger partial charge on any atom is 0.119 e. The second-order valence-corrected chi connectivity index (χ2v) is 4.23. The lowest BCUT2D eigenvalue weighted by molar-refractivity contribution is 0.297. The number of hydrogen-bond donors (Lipinski definition) is 1. The highest BCUT2D eigenvalue weighted by molar-refractivity contribution is 5.98. The summed E-state index contributed by atoms with van der Waals surface area (Å²) < 4.78 is 7.69. The van der Waals surface area contributed by atoms with Gasteiger partial charge in [-0.2, -0.15) is 0 Å². The van der Waals surface area contributed by atoms with Crippen LogP contribution in [0.3, 0.4) is 0 Å². The molecule has 0 aliphatic rings. The van der Waals surface area contributed by atoms with E-state index in [9.17, 15) is 0 Å². The Balaban J connectivity index is 1.88. The maximum atomic E-state index is 8.68. The number of imidazole rings is 1. The van der Waals surface area contributed by atoms with Crippen LogP contribution in [-0.4, -0.2) is 27.1 Å². The van der Waals surface area contributed by atoms with Gasteiger partial charge in [0.15, 0.2) is 0 Å². The average molecular weight is 259 g/mol. The van der Waals surface area contributed by atoms with Crippen LogP contribution >= 0.6 is 0 Å². The number of benzene rings is 1. The number of hydrogen-bond acceptors (Lipinski definition) is 4. The van der Waals surface area contributed by atoms with Crippen LogP contribution in [0.1, 0.15) is 18.3 Å². The van der Waals surface area contributed by atoms with E-state index in [0.717, 1.165) is 23.7 Å². The number of ether oxygens (including phenoxy) is 1. The maximum absolute atomic E-state index is 8.68. The fourth-order valence-corrected chi connectivity index (χ4v) is 1.75. The molecule has 2 aromatic rings. The Kier molecular flexibility index (Phi) is 4.18. The predicted molar refractivity (Wildman–Crippen MR) is 72.9 cm³/mol. The summed E-state index contributed by atoms with van der Waals surface area (Å²) in [6, 6.07) is 7.47. The van der Waals surface area contributed by atoms with Crippen LogP contribution in [0.2, 0.25) is 0 Å². The lowest BCUT2D eigenvalue weighted by atomic mass is 10.1. The third-order valence-corrected chi connectivity index (χ3v) is 2.95. The fourth-order valence-electron chi connectivity index (χ4n) is 1.75. The molecule has 0 amide bonds. The van der Waals surface area contributed by atoms with Crippen LogP contribution in [-0.2, 0) is 6.54 Å². The summed E-state index contributed by atoms with van der Waals surface area (Å²) in [7, 11) is 0. The minimum absolute atomic E-state index is 0.584. The topological polar surface area (TPSA) is 59.6 Å². The smallest absolute Gasteiger partial charge is 0.119 e. The zero-order valence-electron chi connectivity index (χ0n) is 11.1. The number of aryl methyl sites for hydroxylation is 1. The van der Waals surface area contributed by atoms with Crippen molar-refractivity contribution in [3.05, 3.63) is 48.0 Å². The van der Waals surface area contributed by atoms with Crippen LogP contribution in [0.5, 0.6) is 5.75 Å². The molecule has 0 aliphatic carbocycles. The van der Waals surface area contributed by atoms with Crippen molar-refractivity contribution in [3.8, 4) is 5.75 Å². The predicted octanol–water partition coefficient (Wildman–Crippen LogP) is 2.47. The molecule has 19 heavy (non-hydrogen) atoms. The molecule has 0 atom stereocenters. The second kappa shape index (κ2) is 6.04. The van der Waals surface area contributed by atoms with Gasteiger partial charge in [-0.05, 0) is 43.7 Å². The van der Waals surface area contributed by atoms with Crippen LogP contribution in [0.4, 0.5) is 0 Å².